The van der Waals surface area contributed by atoms with Crippen molar-refractivity contribution in [1.29, 1.82) is 0 Å². The van der Waals surface area contributed by atoms with Crippen molar-refractivity contribution < 1.29 is 4.74 Å². The molecule has 1 heterocycles. The van der Waals surface area contributed by atoms with Crippen molar-refractivity contribution in [2.75, 3.05) is 19.6 Å². The molecule has 1 aliphatic rings. The Labute approximate surface area is 152 Å². The van der Waals surface area contributed by atoms with Crippen LogP contribution in [0.25, 0.3) is 0 Å². The zero-order valence-corrected chi connectivity index (χ0v) is 17.4. The molecule has 0 aliphatic carbocycles. The first kappa shape index (κ1) is 22.0. The van der Waals surface area contributed by atoms with Gasteiger partial charge in [0, 0.05) is 19.6 Å². The Hall–Kier alpha value is -0.0800. The quantitative estimate of drug-likeness (QED) is 0.391. The second kappa shape index (κ2) is 13.2. The van der Waals surface area contributed by atoms with Crippen LogP contribution in [0, 0.1) is 11.8 Å². The first-order chi connectivity index (χ1) is 11.6. The summed E-state index contributed by atoms with van der Waals surface area (Å²) in [5, 5.41) is 0. The third-order valence-corrected chi connectivity index (χ3v) is 5.84. The highest BCUT2D eigenvalue weighted by Gasteiger charge is 2.22. The van der Waals surface area contributed by atoms with Gasteiger partial charge in [0.15, 0.2) is 0 Å². The molecule has 2 nitrogen and oxygen atoms in total. The summed E-state index contributed by atoms with van der Waals surface area (Å²) in [6.07, 6.45) is 14.2. The Morgan fingerprint density at radius 1 is 0.917 bits per heavy atom. The van der Waals surface area contributed by atoms with Crippen molar-refractivity contribution in [3.8, 4) is 0 Å². The molecule has 0 spiro atoms. The second-order valence-corrected chi connectivity index (χ2v) is 8.33. The smallest absolute Gasteiger partial charge is 0.0603 e. The molecule has 0 aromatic carbocycles. The van der Waals surface area contributed by atoms with Gasteiger partial charge in [-0.05, 0) is 50.9 Å². The van der Waals surface area contributed by atoms with E-state index in [1.807, 2.05) is 0 Å². The summed E-state index contributed by atoms with van der Waals surface area (Å²) >= 11 is 0. The van der Waals surface area contributed by atoms with E-state index in [1.165, 1.54) is 83.8 Å². The maximum absolute atomic E-state index is 6.36. The summed E-state index contributed by atoms with van der Waals surface area (Å²) in [6, 6.07) is 0. The number of ether oxygens (including phenoxy) is 1. The Balaban J connectivity index is 2.16. The van der Waals surface area contributed by atoms with Crippen molar-refractivity contribution >= 4 is 0 Å². The van der Waals surface area contributed by atoms with Gasteiger partial charge in [-0.1, -0.05) is 59.8 Å². The van der Waals surface area contributed by atoms with Crippen molar-refractivity contribution in [1.82, 2.24) is 4.90 Å². The van der Waals surface area contributed by atoms with Crippen molar-refractivity contribution in [2.45, 2.75) is 111 Å². The summed E-state index contributed by atoms with van der Waals surface area (Å²) < 4.78 is 6.36. The lowest BCUT2D eigenvalue weighted by molar-refractivity contribution is -0.0410. The predicted octanol–water partition coefficient (Wildman–Crippen LogP) is 6.29. The van der Waals surface area contributed by atoms with Crippen LogP contribution < -0.4 is 0 Å². The Kier molecular flexibility index (Phi) is 12.0. The topological polar surface area (TPSA) is 12.5 Å². The first-order valence-corrected chi connectivity index (χ1v) is 11.0. The van der Waals surface area contributed by atoms with E-state index in [-0.39, 0.29) is 0 Å². The highest BCUT2D eigenvalue weighted by atomic mass is 16.5. The number of piperidine rings is 1. The zero-order chi connectivity index (χ0) is 17.8. The molecule has 1 fully saturated rings. The lowest BCUT2D eigenvalue weighted by Gasteiger charge is -2.34. The standard InChI is InChI=1S/C22H45NO/c1-6-9-11-21(8-3)13-12-20(5)24-22-14-16-23(17-15-22)18-19(4)10-7-2/h19-22H,6-18H2,1-5H3/t19?,20-,21?/m0/s1. The van der Waals surface area contributed by atoms with Crippen LogP contribution in [0.2, 0.25) is 0 Å². The minimum atomic E-state index is 0.441. The van der Waals surface area contributed by atoms with Crippen molar-refractivity contribution in [2.24, 2.45) is 11.8 Å². The zero-order valence-electron chi connectivity index (χ0n) is 17.4. The fourth-order valence-corrected chi connectivity index (χ4v) is 4.17. The maximum atomic E-state index is 6.36. The van der Waals surface area contributed by atoms with Gasteiger partial charge in [0.2, 0.25) is 0 Å². The van der Waals surface area contributed by atoms with Gasteiger partial charge in [0.25, 0.3) is 0 Å². The SMILES string of the molecule is CCCCC(CC)CC[C@H](C)OC1CCN(CC(C)CCC)CC1. The molecule has 1 rings (SSSR count). The molecular weight excluding hydrogens is 294 g/mol. The van der Waals surface area contributed by atoms with Crippen LogP contribution in [0.15, 0.2) is 0 Å². The number of unbranched alkanes of at least 4 members (excludes halogenated alkanes) is 1. The number of hydrogen-bond donors (Lipinski definition) is 0. The van der Waals surface area contributed by atoms with Crippen molar-refractivity contribution in [3.63, 3.8) is 0 Å². The summed E-state index contributed by atoms with van der Waals surface area (Å²) in [4.78, 5) is 2.66. The molecule has 24 heavy (non-hydrogen) atoms. The molecule has 144 valence electrons. The fourth-order valence-electron chi connectivity index (χ4n) is 4.17. The van der Waals surface area contributed by atoms with Gasteiger partial charge < -0.3 is 9.64 Å². The predicted molar refractivity (Wildman–Crippen MR) is 107 cm³/mol. The lowest BCUT2D eigenvalue weighted by Crippen LogP contribution is -2.40. The van der Waals surface area contributed by atoms with E-state index in [4.69, 9.17) is 4.74 Å². The minimum Gasteiger partial charge on any atom is -0.375 e. The molecule has 0 saturated carbocycles. The largest absolute Gasteiger partial charge is 0.375 e. The molecule has 1 saturated heterocycles. The van der Waals surface area contributed by atoms with Gasteiger partial charge in [-0.15, -0.1) is 0 Å². The van der Waals surface area contributed by atoms with Gasteiger partial charge in [0.1, 0.15) is 0 Å². The molecule has 0 radical (unpaired) electrons. The van der Waals surface area contributed by atoms with Crippen LogP contribution in [0.5, 0.6) is 0 Å². The lowest BCUT2D eigenvalue weighted by atomic mass is 9.93. The molecular formula is C22H45NO. The molecule has 0 aromatic heterocycles. The van der Waals surface area contributed by atoms with Gasteiger partial charge in [-0.3, -0.25) is 0 Å². The molecule has 0 N–H and O–H groups in total. The van der Waals surface area contributed by atoms with Gasteiger partial charge in [0.05, 0.1) is 12.2 Å². The summed E-state index contributed by atoms with van der Waals surface area (Å²) in [5.74, 6) is 1.76. The molecule has 2 heteroatoms. The third-order valence-electron chi connectivity index (χ3n) is 5.84. The van der Waals surface area contributed by atoms with Gasteiger partial charge in [-0.25, -0.2) is 0 Å². The van der Waals surface area contributed by atoms with E-state index < -0.39 is 0 Å². The van der Waals surface area contributed by atoms with E-state index in [1.54, 1.807) is 0 Å². The van der Waals surface area contributed by atoms with E-state index in [2.05, 4.69) is 39.5 Å². The monoisotopic (exact) mass is 339 g/mol. The third kappa shape index (κ3) is 9.42. The Bertz CT molecular complexity index is 286. The van der Waals surface area contributed by atoms with Gasteiger partial charge in [-0.2, -0.15) is 0 Å². The maximum Gasteiger partial charge on any atom is 0.0603 e. The van der Waals surface area contributed by atoms with Gasteiger partial charge >= 0.3 is 0 Å². The number of likely N-dealkylation sites (tertiary alicyclic amines) is 1. The molecule has 0 bridgehead atoms. The summed E-state index contributed by atoms with van der Waals surface area (Å²) in [7, 11) is 0. The highest BCUT2D eigenvalue weighted by molar-refractivity contribution is 4.75. The Morgan fingerprint density at radius 2 is 1.62 bits per heavy atom. The van der Waals surface area contributed by atoms with Crippen LogP contribution in [0.1, 0.15) is 98.8 Å². The van der Waals surface area contributed by atoms with E-state index in [9.17, 15) is 0 Å². The number of nitrogens with zero attached hydrogens (tertiary/aromatic N) is 1. The normalized spacial score (nSPS) is 20.9. The fraction of sp³-hybridized carbons (Fsp3) is 1.00. The van der Waals surface area contributed by atoms with Crippen LogP contribution in [-0.4, -0.2) is 36.7 Å². The van der Waals surface area contributed by atoms with Crippen LogP contribution in [0.4, 0.5) is 0 Å². The second-order valence-electron chi connectivity index (χ2n) is 8.33. The van der Waals surface area contributed by atoms with Crippen LogP contribution >= 0.6 is 0 Å². The highest BCUT2D eigenvalue weighted by Crippen LogP contribution is 2.23. The van der Waals surface area contributed by atoms with Crippen LogP contribution in [0.3, 0.4) is 0 Å². The molecule has 2 unspecified atom stereocenters. The average molecular weight is 340 g/mol. The summed E-state index contributed by atoms with van der Waals surface area (Å²) in [6.45, 7) is 15.4. The number of hydrogen-bond acceptors (Lipinski definition) is 2. The average Bonchev–Trinajstić information content (AvgIpc) is 2.57. The first-order valence-electron chi connectivity index (χ1n) is 11.0. The molecule has 0 amide bonds. The Morgan fingerprint density at radius 3 is 2.21 bits per heavy atom. The molecule has 3 atom stereocenters. The van der Waals surface area contributed by atoms with E-state index >= 15 is 0 Å². The van der Waals surface area contributed by atoms with E-state index in [0.29, 0.717) is 12.2 Å². The summed E-state index contributed by atoms with van der Waals surface area (Å²) in [5.41, 5.74) is 0. The molecule has 1 aliphatic heterocycles. The number of rotatable bonds is 13. The van der Waals surface area contributed by atoms with E-state index in [0.717, 1.165) is 11.8 Å². The van der Waals surface area contributed by atoms with Crippen molar-refractivity contribution in [3.05, 3.63) is 0 Å². The van der Waals surface area contributed by atoms with Crippen LogP contribution in [-0.2, 0) is 4.74 Å². The minimum absolute atomic E-state index is 0.441. The molecule has 0 aromatic rings.